The van der Waals surface area contributed by atoms with Crippen molar-refractivity contribution in [3.63, 3.8) is 0 Å². The molecule has 156 valence electrons. The summed E-state index contributed by atoms with van der Waals surface area (Å²) in [5, 5.41) is 5.10. The van der Waals surface area contributed by atoms with Gasteiger partial charge < -0.3 is 19.9 Å². The summed E-state index contributed by atoms with van der Waals surface area (Å²) >= 11 is 0. The van der Waals surface area contributed by atoms with E-state index in [1.165, 1.54) is 5.69 Å². The second kappa shape index (κ2) is 9.18. The lowest BCUT2D eigenvalue weighted by Crippen LogP contribution is -2.44. The first kappa shape index (κ1) is 20.2. The Balaban J connectivity index is 1.31. The molecule has 0 saturated carbocycles. The first-order valence-corrected chi connectivity index (χ1v) is 10.5. The first-order valence-electron chi connectivity index (χ1n) is 10.5. The van der Waals surface area contributed by atoms with Crippen LogP contribution in [0.2, 0.25) is 0 Å². The number of nitrogens with zero attached hydrogens (tertiary/aromatic N) is 2. The molecule has 5 heteroatoms. The molecule has 1 heterocycles. The molecule has 1 atom stereocenters. The lowest BCUT2D eigenvalue weighted by atomic mass is 10.1. The third kappa shape index (κ3) is 4.74. The molecular weight excluding hydrogens is 374 g/mol. The van der Waals surface area contributed by atoms with Gasteiger partial charge >= 0.3 is 0 Å². The molecule has 1 aliphatic heterocycles. The normalized spacial score (nSPS) is 15.7. The van der Waals surface area contributed by atoms with Gasteiger partial charge in [0.1, 0.15) is 5.75 Å². The smallest absolute Gasteiger partial charge is 0.261 e. The maximum absolute atomic E-state index is 12.6. The van der Waals surface area contributed by atoms with Crippen molar-refractivity contribution in [1.82, 2.24) is 10.2 Å². The summed E-state index contributed by atoms with van der Waals surface area (Å²) in [5.41, 5.74) is 2.32. The van der Waals surface area contributed by atoms with Crippen molar-refractivity contribution in [3.8, 4) is 5.75 Å². The Labute approximate surface area is 178 Å². The number of likely N-dealkylation sites (N-methyl/N-ethyl adjacent to an activating group) is 1. The van der Waals surface area contributed by atoms with Crippen LogP contribution in [0.5, 0.6) is 5.75 Å². The van der Waals surface area contributed by atoms with Crippen LogP contribution >= 0.6 is 0 Å². The summed E-state index contributed by atoms with van der Waals surface area (Å²) in [4.78, 5) is 17.3. The molecule has 0 spiro atoms. The van der Waals surface area contributed by atoms with Crippen LogP contribution < -0.4 is 15.0 Å². The fraction of sp³-hybridized carbons (Fsp3) is 0.320. The highest BCUT2D eigenvalue weighted by molar-refractivity contribution is 5.89. The lowest BCUT2D eigenvalue weighted by Gasteiger charge is -2.34. The Morgan fingerprint density at radius 2 is 1.67 bits per heavy atom. The highest BCUT2D eigenvalue weighted by Gasteiger charge is 2.16. The number of rotatable bonds is 6. The van der Waals surface area contributed by atoms with Crippen LogP contribution in [0, 0.1) is 0 Å². The molecule has 0 unspecified atom stereocenters. The summed E-state index contributed by atoms with van der Waals surface area (Å²) < 4.78 is 5.96. The number of fused-ring (bicyclic) bond motifs is 1. The van der Waals surface area contributed by atoms with Gasteiger partial charge in [-0.25, -0.2) is 0 Å². The zero-order valence-electron chi connectivity index (χ0n) is 17.7. The van der Waals surface area contributed by atoms with E-state index in [2.05, 4.69) is 46.4 Å². The number of anilines is 1. The third-order valence-corrected chi connectivity index (χ3v) is 5.69. The minimum atomic E-state index is -0.569. The van der Waals surface area contributed by atoms with Gasteiger partial charge in [-0.2, -0.15) is 0 Å². The lowest BCUT2D eigenvalue weighted by molar-refractivity contribution is -0.127. The van der Waals surface area contributed by atoms with Crippen molar-refractivity contribution in [3.05, 3.63) is 72.3 Å². The molecule has 30 heavy (non-hydrogen) atoms. The molecule has 3 aromatic carbocycles. The molecular formula is C25H29N3O2. The fourth-order valence-electron chi connectivity index (χ4n) is 3.76. The minimum Gasteiger partial charge on any atom is -0.480 e. The molecule has 4 rings (SSSR count). The molecule has 1 N–H and O–H groups in total. The predicted molar refractivity (Wildman–Crippen MR) is 122 cm³/mol. The Morgan fingerprint density at radius 1 is 0.967 bits per heavy atom. The Morgan fingerprint density at radius 3 is 2.43 bits per heavy atom. The summed E-state index contributed by atoms with van der Waals surface area (Å²) in [7, 11) is 2.16. The minimum absolute atomic E-state index is 0.119. The van der Waals surface area contributed by atoms with E-state index in [1.807, 2.05) is 42.5 Å². The van der Waals surface area contributed by atoms with Crippen molar-refractivity contribution in [2.75, 3.05) is 38.1 Å². The summed E-state index contributed by atoms with van der Waals surface area (Å²) in [6, 6.07) is 22.4. The van der Waals surface area contributed by atoms with Gasteiger partial charge in [0.25, 0.3) is 5.91 Å². The van der Waals surface area contributed by atoms with Crippen LogP contribution in [-0.2, 0) is 11.3 Å². The van der Waals surface area contributed by atoms with Gasteiger partial charge in [0, 0.05) is 43.8 Å². The molecule has 0 radical (unpaired) electrons. The number of ether oxygens (including phenoxy) is 1. The van der Waals surface area contributed by atoms with E-state index >= 15 is 0 Å². The van der Waals surface area contributed by atoms with Crippen LogP contribution in [0.1, 0.15) is 12.5 Å². The largest absolute Gasteiger partial charge is 0.480 e. The first-order chi connectivity index (χ1) is 14.6. The molecule has 1 aliphatic rings. The van der Waals surface area contributed by atoms with E-state index in [9.17, 15) is 4.79 Å². The van der Waals surface area contributed by atoms with Crippen LogP contribution in [0.3, 0.4) is 0 Å². The highest BCUT2D eigenvalue weighted by Crippen LogP contribution is 2.26. The van der Waals surface area contributed by atoms with Gasteiger partial charge in [-0.3, -0.25) is 4.79 Å². The fourth-order valence-corrected chi connectivity index (χ4v) is 3.76. The molecule has 3 aromatic rings. The average molecular weight is 404 g/mol. The standard InChI is InChI=1S/C25H29N3O2/c1-19(30-24-9-5-7-21-6-3-4-8-23(21)24)25(29)26-18-20-10-12-22(13-11-20)28-16-14-27(2)15-17-28/h3-13,19H,14-18H2,1-2H3,(H,26,29)/t19-/m1/s1. The summed E-state index contributed by atoms with van der Waals surface area (Å²) in [5.74, 6) is 0.610. The Hall–Kier alpha value is -3.05. The number of piperazine rings is 1. The summed E-state index contributed by atoms with van der Waals surface area (Å²) in [6.07, 6.45) is -0.569. The number of nitrogens with one attached hydrogen (secondary N) is 1. The molecule has 0 aromatic heterocycles. The van der Waals surface area contributed by atoms with Crippen molar-refractivity contribution in [1.29, 1.82) is 0 Å². The maximum Gasteiger partial charge on any atom is 0.261 e. The highest BCUT2D eigenvalue weighted by atomic mass is 16.5. The molecule has 0 bridgehead atoms. The number of hydrogen-bond acceptors (Lipinski definition) is 4. The zero-order chi connectivity index (χ0) is 20.9. The Kier molecular flexibility index (Phi) is 6.19. The maximum atomic E-state index is 12.6. The van der Waals surface area contributed by atoms with Crippen LogP contribution in [-0.4, -0.2) is 50.1 Å². The van der Waals surface area contributed by atoms with E-state index in [0.717, 1.165) is 48.3 Å². The number of hydrogen-bond donors (Lipinski definition) is 1. The number of benzene rings is 3. The molecule has 1 fully saturated rings. The van der Waals surface area contributed by atoms with Crippen LogP contribution in [0.15, 0.2) is 66.7 Å². The van der Waals surface area contributed by atoms with Gasteiger partial charge in [0.2, 0.25) is 0 Å². The van der Waals surface area contributed by atoms with E-state index in [4.69, 9.17) is 4.74 Å². The Bertz CT molecular complexity index is 989. The van der Waals surface area contributed by atoms with Gasteiger partial charge in [-0.05, 0) is 43.1 Å². The van der Waals surface area contributed by atoms with Crippen molar-refractivity contribution < 1.29 is 9.53 Å². The third-order valence-electron chi connectivity index (χ3n) is 5.69. The van der Waals surface area contributed by atoms with Crippen molar-refractivity contribution in [2.45, 2.75) is 19.6 Å². The predicted octanol–water partition coefficient (Wildman–Crippen LogP) is 3.68. The van der Waals surface area contributed by atoms with E-state index in [-0.39, 0.29) is 5.91 Å². The van der Waals surface area contributed by atoms with Gasteiger partial charge in [0.05, 0.1) is 0 Å². The van der Waals surface area contributed by atoms with Crippen LogP contribution in [0.25, 0.3) is 10.8 Å². The second-order valence-electron chi connectivity index (χ2n) is 7.91. The summed E-state index contributed by atoms with van der Waals surface area (Å²) in [6.45, 7) is 6.56. The van der Waals surface area contributed by atoms with Crippen molar-refractivity contribution in [2.24, 2.45) is 0 Å². The average Bonchev–Trinajstić information content (AvgIpc) is 2.78. The quantitative estimate of drug-likeness (QED) is 0.682. The van der Waals surface area contributed by atoms with E-state index in [1.54, 1.807) is 6.92 Å². The van der Waals surface area contributed by atoms with Gasteiger partial charge in [-0.1, -0.05) is 48.5 Å². The van der Waals surface area contributed by atoms with Gasteiger partial charge in [0.15, 0.2) is 6.10 Å². The molecule has 0 aliphatic carbocycles. The van der Waals surface area contributed by atoms with Crippen LogP contribution in [0.4, 0.5) is 5.69 Å². The molecule has 1 saturated heterocycles. The number of carbonyl (C=O) groups is 1. The topological polar surface area (TPSA) is 44.8 Å². The van der Waals surface area contributed by atoms with E-state index < -0.39 is 6.10 Å². The van der Waals surface area contributed by atoms with Gasteiger partial charge in [-0.15, -0.1) is 0 Å². The van der Waals surface area contributed by atoms with Crippen molar-refractivity contribution >= 4 is 22.4 Å². The molecule has 5 nitrogen and oxygen atoms in total. The molecule has 1 amide bonds. The SMILES string of the molecule is C[C@@H](Oc1cccc2ccccc12)C(=O)NCc1ccc(N2CCN(C)CC2)cc1. The number of carbonyl (C=O) groups excluding carboxylic acids is 1. The number of amides is 1. The zero-order valence-corrected chi connectivity index (χ0v) is 17.7. The second-order valence-corrected chi connectivity index (χ2v) is 7.91. The monoisotopic (exact) mass is 403 g/mol. The van der Waals surface area contributed by atoms with E-state index in [0.29, 0.717) is 6.54 Å².